The minimum atomic E-state index is -1.26. The van der Waals surface area contributed by atoms with Crippen LogP contribution < -0.4 is 5.32 Å². The van der Waals surface area contributed by atoms with Crippen LogP contribution in [0.5, 0.6) is 0 Å². The molecule has 0 aromatic heterocycles. The summed E-state index contributed by atoms with van der Waals surface area (Å²) in [6.45, 7) is 13.3. The zero-order valence-electron chi connectivity index (χ0n) is 22.6. The van der Waals surface area contributed by atoms with Gasteiger partial charge in [-0.2, -0.15) is 0 Å². The van der Waals surface area contributed by atoms with Crippen LogP contribution in [0.15, 0.2) is 12.2 Å². The fourth-order valence-electron chi connectivity index (χ4n) is 5.89. The number of hydrogen-bond acceptors (Lipinski definition) is 9. The Morgan fingerprint density at radius 2 is 1.73 bits per heavy atom. The predicted octanol–water partition coefficient (Wildman–Crippen LogP) is 2.67. The van der Waals surface area contributed by atoms with E-state index in [4.69, 9.17) is 34.2 Å². The average Bonchev–Trinajstić information content (AvgIpc) is 3.03. The van der Waals surface area contributed by atoms with Gasteiger partial charge in [0.15, 0.2) is 18.2 Å². The Morgan fingerprint density at radius 3 is 2.32 bits per heavy atom. The molecular weight excluding hydrogens is 486 g/mol. The van der Waals surface area contributed by atoms with Gasteiger partial charge in [0.25, 0.3) is 0 Å². The van der Waals surface area contributed by atoms with E-state index in [0.29, 0.717) is 30.5 Å². The lowest BCUT2D eigenvalue weighted by Gasteiger charge is -2.60. The SMILES string of the molecule is C[C@H]1[C@H](OCC(O)CNC(C)(C)C)O[C@@H]2O[C@]3(C)CC[C@H]4[C@H](C)CC[C@@H]1[C@@]24OO3.O=C(O)/C=C\C(=O)O. The Morgan fingerprint density at radius 1 is 1.08 bits per heavy atom. The van der Waals surface area contributed by atoms with Gasteiger partial charge in [0.05, 0.1) is 12.7 Å². The summed E-state index contributed by atoms with van der Waals surface area (Å²) in [4.78, 5) is 31.1. The van der Waals surface area contributed by atoms with Gasteiger partial charge in [-0.25, -0.2) is 19.4 Å². The second-order valence-electron chi connectivity index (χ2n) is 11.9. The van der Waals surface area contributed by atoms with E-state index in [2.05, 4.69) is 39.9 Å². The summed E-state index contributed by atoms with van der Waals surface area (Å²) in [5.41, 5.74) is -0.616. The number of β-amino-alcohol motifs (C(OH)–C–C–N with tert-alkyl or cyclic N) is 1. The molecule has 212 valence electrons. The van der Waals surface area contributed by atoms with E-state index in [-0.39, 0.29) is 24.0 Å². The maximum atomic E-state index is 10.3. The van der Waals surface area contributed by atoms with Crippen LogP contribution in [0.25, 0.3) is 0 Å². The average molecular weight is 530 g/mol. The van der Waals surface area contributed by atoms with Gasteiger partial charge >= 0.3 is 11.9 Å². The molecule has 0 aromatic rings. The lowest BCUT2D eigenvalue weighted by atomic mass is 9.58. The molecule has 1 spiro atoms. The van der Waals surface area contributed by atoms with Gasteiger partial charge < -0.3 is 34.8 Å². The molecule has 11 heteroatoms. The minimum Gasteiger partial charge on any atom is -0.478 e. The molecule has 4 N–H and O–H groups in total. The molecule has 4 aliphatic heterocycles. The van der Waals surface area contributed by atoms with Crippen LogP contribution in [0.3, 0.4) is 0 Å². The fraction of sp³-hybridized carbons (Fsp3) is 0.846. The number of carbonyl (C=O) groups is 2. The molecule has 5 aliphatic rings. The Bertz CT molecular complexity index is 828. The standard InChI is InChI=1S/C22H39NO6.C4H4O4/c1-13-7-8-17-14(2)18(25-12-15(24)11-23-20(3,4)5)26-19-22(17)16(13)9-10-21(6,27-19)28-29-22;5-3(6)1-2-4(7)8/h13-19,23-24H,7-12H2,1-6H3;1-2H,(H,5,6)(H,7,8)/b;2-1-/t13-,14-,15?,16+,17+,18-,19-,21+,22-;/m1./s1. The highest BCUT2D eigenvalue weighted by molar-refractivity contribution is 5.89. The van der Waals surface area contributed by atoms with Gasteiger partial charge in [0, 0.05) is 42.5 Å². The topological polar surface area (TPSA) is 153 Å². The number of carboxylic acids is 2. The summed E-state index contributed by atoms with van der Waals surface area (Å²) in [5, 5.41) is 29.3. The van der Waals surface area contributed by atoms with Gasteiger partial charge in [0.1, 0.15) is 0 Å². The van der Waals surface area contributed by atoms with E-state index in [9.17, 15) is 14.7 Å². The van der Waals surface area contributed by atoms with Gasteiger partial charge in [-0.05, 0) is 58.8 Å². The molecule has 5 rings (SSSR count). The molecule has 1 unspecified atom stereocenters. The summed E-state index contributed by atoms with van der Waals surface area (Å²) in [7, 11) is 0. The maximum absolute atomic E-state index is 10.3. The third-order valence-electron chi connectivity index (χ3n) is 7.79. The molecule has 4 saturated heterocycles. The fourth-order valence-corrected chi connectivity index (χ4v) is 5.89. The van der Waals surface area contributed by atoms with E-state index in [1.54, 1.807) is 0 Å². The number of aliphatic carboxylic acids is 2. The van der Waals surface area contributed by atoms with Crippen LogP contribution in [-0.4, -0.2) is 76.0 Å². The number of hydrogen-bond donors (Lipinski definition) is 4. The lowest BCUT2D eigenvalue weighted by molar-refractivity contribution is -0.577. The normalized spacial score (nSPS) is 39.8. The van der Waals surface area contributed by atoms with Crippen molar-refractivity contribution in [2.24, 2.45) is 23.7 Å². The largest absolute Gasteiger partial charge is 0.478 e. The first-order chi connectivity index (χ1) is 17.2. The quantitative estimate of drug-likeness (QED) is 0.284. The van der Waals surface area contributed by atoms with Crippen molar-refractivity contribution in [2.75, 3.05) is 13.2 Å². The molecule has 2 bridgehead atoms. The third-order valence-corrected chi connectivity index (χ3v) is 7.79. The molecule has 9 atom stereocenters. The number of nitrogens with one attached hydrogen (secondary N) is 1. The molecule has 1 saturated carbocycles. The summed E-state index contributed by atoms with van der Waals surface area (Å²) >= 11 is 0. The maximum Gasteiger partial charge on any atom is 0.328 e. The monoisotopic (exact) mass is 529 g/mol. The molecule has 11 nitrogen and oxygen atoms in total. The van der Waals surface area contributed by atoms with Crippen molar-refractivity contribution in [2.45, 2.75) is 103 Å². The molecule has 0 aromatic carbocycles. The van der Waals surface area contributed by atoms with Crippen LogP contribution in [0.4, 0.5) is 0 Å². The first-order valence-electron chi connectivity index (χ1n) is 13.1. The molecule has 5 fully saturated rings. The van der Waals surface area contributed by atoms with Crippen molar-refractivity contribution >= 4 is 11.9 Å². The van der Waals surface area contributed by atoms with E-state index >= 15 is 0 Å². The number of aliphatic hydroxyl groups is 1. The highest BCUT2D eigenvalue weighted by atomic mass is 17.3. The van der Waals surface area contributed by atoms with Gasteiger partial charge in [-0.1, -0.05) is 13.8 Å². The zero-order valence-corrected chi connectivity index (χ0v) is 22.6. The number of ether oxygens (including phenoxy) is 3. The van der Waals surface area contributed by atoms with E-state index in [0.717, 1.165) is 19.3 Å². The molecule has 1 aliphatic carbocycles. The predicted molar refractivity (Wildman–Crippen MR) is 131 cm³/mol. The minimum absolute atomic E-state index is 0.0456. The first kappa shape index (κ1) is 29.9. The molecule has 37 heavy (non-hydrogen) atoms. The van der Waals surface area contributed by atoms with Crippen molar-refractivity contribution in [3.8, 4) is 0 Å². The Labute approximate surface area is 218 Å². The van der Waals surface area contributed by atoms with Crippen molar-refractivity contribution in [3.05, 3.63) is 12.2 Å². The first-order valence-corrected chi connectivity index (χ1v) is 13.1. The number of carboxylic acid groups (broad SMARTS) is 2. The molecular formula is C26H43NO10. The second-order valence-corrected chi connectivity index (χ2v) is 11.9. The summed E-state index contributed by atoms with van der Waals surface area (Å²) < 4.78 is 18.8. The Hall–Kier alpha value is -1.60. The van der Waals surface area contributed by atoms with Crippen molar-refractivity contribution in [1.82, 2.24) is 5.32 Å². The second kappa shape index (κ2) is 11.6. The van der Waals surface area contributed by atoms with Crippen LogP contribution in [0.1, 0.15) is 67.2 Å². The van der Waals surface area contributed by atoms with E-state index in [1.807, 2.05) is 6.92 Å². The van der Waals surface area contributed by atoms with Crippen molar-refractivity contribution in [3.63, 3.8) is 0 Å². The molecule has 0 radical (unpaired) electrons. The van der Waals surface area contributed by atoms with Crippen LogP contribution in [0.2, 0.25) is 0 Å². The van der Waals surface area contributed by atoms with E-state index in [1.165, 1.54) is 6.42 Å². The van der Waals surface area contributed by atoms with Crippen molar-refractivity contribution < 1.29 is 48.9 Å². The lowest BCUT2D eigenvalue weighted by Crippen LogP contribution is -2.70. The van der Waals surface area contributed by atoms with E-state index < -0.39 is 42.0 Å². The highest BCUT2D eigenvalue weighted by Crippen LogP contribution is 2.60. The Kier molecular flexibility index (Phi) is 9.43. The highest BCUT2D eigenvalue weighted by Gasteiger charge is 2.69. The van der Waals surface area contributed by atoms with Crippen LogP contribution >= 0.6 is 0 Å². The zero-order chi connectivity index (χ0) is 27.6. The van der Waals surface area contributed by atoms with Gasteiger partial charge in [-0.15, -0.1) is 0 Å². The van der Waals surface area contributed by atoms with Crippen molar-refractivity contribution in [1.29, 1.82) is 0 Å². The van der Waals surface area contributed by atoms with Gasteiger partial charge in [0.2, 0.25) is 5.79 Å². The number of fused-ring (bicyclic) bond motifs is 2. The molecule has 0 amide bonds. The third kappa shape index (κ3) is 7.08. The Balaban J connectivity index is 0.000000414. The molecule has 4 heterocycles. The summed E-state index contributed by atoms with van der Waals surface area (Å²) in [5.74, 6) is -2.04. The van der Waals surface area contributed by atoms with Crippen LogP contribution in [-0.2, 0) is 33.6 Å². The van der Waals surface area contributed by atoms with Gasteiger partial charge in [-0.3, -0.25) is 0 Å². The smallest absolute Gasteiger partial charge is 0.328 e. The summed E-state index contributed by atoms with van der Waals surface area (Å²) in [6, 6.07) is 0. The number of rotatable bonds is 7. The van der Waals surface area contributed by atoms with Crippen LogP contribution in [0, 0.1) is 23.7 Å². The summed E-state index contributed by atoms with van der Waals surface area (Å²) in [6.07, 6.45) is 3.60. The number of aliphatic hydroxyl groups excluding tert-OH is 1.